The Kier molecular flexibility index (Phi) is 4.52. The summed E-state index contributed by atoms with van der Waals surface area (Å²) >= 11 is 0. The van der Waals surface area contributed by atoms with Gasteiger partial charge in [-0.15, -0.1) is 0 Å². The van der Waals surface area contributed by atoms with E-state index in [1.54, 1.807) is 18.2 Å². The maximum Gasteiger partial charge on any atom is 0.492 e. The van der Waals surface area contributed by atoms with Crippen molar-refractivity contribution < 1.29 is 19.5 Å². The Labute approximate surface area is 126 Å². The minimum atomic E-state index is -1.50. The van der Waals surface area contributed by atoms with Gasteiger partial charge in [0.1, 0.15) is 11.9 Å². The summed E-state index contributed by atoms with van der Waals surface area (Å²) in [4.78, 5) is 0. The molecule has 2 N–H and O–H groups in total. The minimum Gasteiger partial charge on any atom is -0.491 e. The first-order valence-corrected chi connectivity index (χ1v) is 7.94. The van der Waals surface area contributed by atoms with E-state index in [1.807, 2.05) is 6.07 Å². The van der Waals surface area contributed by atoms with E-state index in [0.717, 1.165) is 32.3 Å². The van der Waals surface area contributed by atoms with E-state index >= 15 is 0 Å². The SMILES string of the molecule is OB(O)c1ccccc1OC1CCOC2(CCCCC2)C1. The predicted molar refractivity (Wildman–Crippen MR) is 81.7 cm³/mol. The fourth-order valence-corrected chi connectivity index (χ4v) is 3.61. The van der Waals surface area contributed by atoms with Gasteiger partial charge in [0.05, 0.1) is 12.2 Å². The molecule has 1 saturated heterocycles. The molecule has 4 nitrogen and oxygen atoms in total. The predicted octanol–water partition coefficient (Wildman–Crippen LogP) is 1.63. The molecule has 0 aromatic heterocycles. The van der Waals surface area contributed by atoms with Crippen LogP contribution in [0.15, 0.2) is 24.3 Å². The van der Waals surface area contributed by atoms with E-state index in [0.29, 0.717) is 11.2 Å². The number of hydrogen-bond donors (Lipinski definition) is 2. The molecular weight excluding hydrogens is 267 g/mol. The smallest absolute Gasteiger partial charge is 0.491 e. The Morgan fingerprint density at radius 1 is 1.14 bits per heavy atom. The quantitative estimate of drug-likeness (QED) is 0.831. The fourth-order valence-electron chi connectivity index (χ4n) is 3.61. The van der Waals surface area contributed by atoms with Crippen molar-refractivity contribution in [2.24, 2.45) is 0 Å². The summed E-state index contributed by atoms with van der Waals surface area (Å²) in [7, 11) is -1.50. The maximum atomic E-state index is 9.43. The highest BCUT2D eigenvalue weighted by Crippen LogP contribution is 2.39. The van der Waals surface area contributed by atoms with Gasteiger partial charge < -0.3 is 19.5 Å². The van der Waals surface area contributed by atoms with Crippen LogP contribution in [0.5, 0.6) is 5.75 Å². The highest BCUT2D eigenvalue weighted by Gasteiger charge is 2.39. The molecule has 1 saturated carbocycles. The maximum absolute atomic E-state index is 9.43. The standard InChI is InChI=1S/C16H23BO4/c18-17(19)14-6-2-3-7-15(14)21-13-8-11-20-16(12-13)9-4-1-5-10-16/h2-3,6-7,13,18-19H,1,4-5,8-12H2. The third-order valence-electron chi connectivity index (χ3n) is 4.70. The lowest BCUT2D eigenvalue weighted by molar-refractivity contribution is -0.129. The van der Waals surface area contributed by atoms with Crippen LogP contribution in [0.1, 0.15) is 44.9 Å². The number of benzene rings is 1. The molecule has 0 amide bonds. The first kappa shape index (κ1) is 14.9. The van der Waals surface area contributed by atoms with Gasteiger partial charge in [0.25, 0.3) is 0 Å². The third kappa shape index (κ3) is 3.42. The number of hydrogen-bond acceptors (Lipinski definition) is 4. The zero-order chi connectivity index (χ0) is 14.7. The van der Waals surface area contributed by atoms with Crippen molar-refractivity contribution in [2.45, 2.75) is 56.7 Å². The van der Waals surface area contributed by atoms with Gasteiger partial charge in [0.15, 0.2) is 0 Å². The summed E-state index contributed by atoms with van der Waals surface area (Å²) < 4.78 is 12.1. The van der Waals surface area contributed by atoms with E-state index in [9.17, 15) is 10.0 Å². The lowest BCUT2D eigenvalue weighted by Gasteiger charge is -2.43. The molecule has 1 spiro atoms. The summed E-state index contributed by atoms with van der Waals surface area (Å²) in [5.74, 6) is 0.574. The van der Waals surface area contributed by atoms with Crippen molar-refractivity contribution in [3.63, 3.8) is 0 Å². The molecule has 1 atom stereocenters. The average Bonchev–Trinajstić information content (AvgIpc) is 2.48. The second-order valence-corrected chi connectivity index (χ2v) is 6.24. The van der Waals surface area contributed by atoms with Crippen LogP contribution in [0.3, 0.4) is 0 Å². The molecule has 1 aliphatic carbocycles. The van der Waals surface area contributed by atoms with Crippen molar-refractivity contribution in [1.82, 2.24) is 0 Å². The fraction of sp³-hybridized carbons (Fsp3) is 0.625. The highest BCUT2D eigenvalue weighted by molar-refractivity contribution is 6.59. The zero-order valence-electron chi connectivity index (χ0n) is 12.3. The van der Waals surface area contributed by atoms with E-state index in [4.69, 9.17) is 9.47 Å². The van der Waals surface area contributed by atoms with Crippen molar-refractivity contribution in [1.29, 1.82) is 0 Å². The molecule has 5 heteroatoms. The number of ether oxygens (including phenoxy) is 2. The summed E-state index contributed by atoms with van der Waals surface area (Å²) in [6, 6.07) is 7.14. The monoisotopic (exact) mass is 290 g/mol. The van der Waals surface area contributed by atoms with Crippen LogP contribution in [0.2, 0.25) is 0 Å². The Morgan fingerprint density at radius 2 is 1.90 bits per heavy atom. The van der Waals surface area contributed by atoms with Crippen LogP contribution >= 0.6 is 0 Å². The summed E-state index contributed by atoms with van der Waals surface area (Å²) in [6.07, 6.45) is 7.87. The van der Waals surface area contributed by atoms with Crippen LogP contribution in [0.25, 0.3) is 0 Å². The Morgan fingerprint density at radius 3 is 2.67 bits per heavy atom. The van der Waals surface area contributed by atoms with Gasteiger partial charge in [-0.2, -0.15) is 0 Å². The summed E-state index contributed by atoms with van der Waals surface area (Å²) in [5.41, 5.74) is 0.426. The molecular formula is C16H23BO4. The van der Waals surface area contributed by atoms with Gasteiger partial charge in [-0.25, -0.2) is 0 Å². The van der Waals surface area contributed by atoms with E-state index in [-0.39, 0.29) is 11.7 Å². The number of para-hydroxylation sites is 1. The second-order valence-electron chi connectivity index (χ2n) is 6.24. The molecule has 2 fully saturated rings. The molecule has 114 valence electrons. The van der Waals surface area contributed by atoms with Gasteiger partial charge in [-0.05, 0) is 18.9 Å². The molecule has 1 unspecified atom stereocenters. The van der Waals surface area contributed by atoms with Crippen LogP contribution in [0.4, 0.5) is 0 Å². The van der Waals surface area contributed by atoms with Crippen molar-refractivity contribution in [3.05, 3.63) is 24.3 Å². The lowest BCUT2D eigenvalue weighted by Crippen LogP contribution is -2.45. The van der Waals surface area contributed by atoms with Crippen molar-refractivity contribution in [3.8, 4) is 5.75 Å². The first-order chi connectivity index (χ1) is 10.2. The average molecular weight is 290 g/mol. The number of rotatable bonds is 3. The van der Waals surface area contributed by atoms with Crippen LogP contribution in [-0.4, -0.2) is 35.5 Å². The third-order valence-corrected chi connectivity index (χ3v) is 4.70. The minimum absolute atomic E-state index is 0.00601. The van der Waals surface area contributed by atoms with Gasteiger partial charge in [0.2, 0.25) is 0 Å². The summed E-state index contributed by atoms with van der Waals surface area (Å²) in [5, 5.41) is 18.9. The molecule has 21 heavy (non-hydrogen) atoms. The molecule has 0 bridgehead atoms. The Hall–Kier alpha value is -1.04. The Bertz CT molecular complexity index is 466. The molecule has 3 rings (SSSR count). The van der Waals surface area contributed by atoms with Crippen LogP contribution in [0, 0.1) is 0 Å². The van der Waals surface area contributed by atoms with Gasteiger partial charge in [0, 0.05) is 18.3 Å². The molecule has 1 aromatic rings. The largest absolute Gasteiger partial charge is 0.492 e. The summed E-state index contributed by atoms with van der Waals surface area (Å²) in [6.45, 7) is 0.731. The van der Waals surface area contributed by atoms with Crippen LogP contribution in [-0.2, 0) is 4.74 Å². The van der Waals surface area contributed by atoms with Crippen LogP contribution < -0.4 is 10.2 Å². The lowest BCUT2D eigenvalue weighted by atomic mass is 9.78. The van der Waals surface area contributed by atoms with Gasteiger partial charge >= 0.3 is 7.12 Å². The van der Waals surface area contributed by atoms with Crippen molar-refractivity contribution >= 4 is 12.6 Å². The van der Waals surface area contributed by atoms with E-state index < -0.39 is 7.12 Å². The second kappa shape index (κ2) is 6.38. The normalized spacial score (nSPS) is 24.8. The zero-order valence-corrected chi connectivity index (χ0v) is 12.3. The molecule has 1 aromatic carbocycles. The first-order valence-electron chi connectivity index (χ1n) is 7.94. The van der Waals surface area contributed by atoms with E-state index in [2.05, 4.69) is 0 Å². The molecule has 1 heterocycles. The van der Waals surface area contributed by atoms with Crippen molar-refractivity contribution in [2.75, 3.05) is 6.61 Å². The van der Waals surface area contributed by atoms with Gasteiger partial charge in [-0.1, -0.05) is 37.5 Å². The molecule has 2 aliphatic rings. The van der Waals surface area contributed by atoms with E-state index in [1.165, 1.54) is 19.3 Å². The molecule has 1 aliphatic heterocycles. The van der Waals surface area contributed by atoms with Gasteiger partial charge in [-0.3, -0.25) is 0 Å². The topological polar surface area (TPSA) is 58.9 Å². The Balaban J connectivity index is 1.70. The molecule has 0 radical (unpaired) electrons. The highest BCUT2D eigenvalue weighted by atomic mass is 16.5.